The van der Waals surface area contributed by atoms with Gasteiger partial charge in [-0.2, -0.15) is 0 Å². The molecular weight excluding hydrogens is 367 g/mol. The predicted molar refractivity (Wildman–Crippen MR) is 105 cm³/mol. The molecule has 7 heteroatoms. The molecule has 2 aromatic carbocycles. The molecule has 0 radical (unpaired) electrons. The van der Waals surface area contributed by atoms with Gasteiger partial charge in [0.05, 0.1) is 5.75 Å². The predicted octanol–water partition coefficient (Wildman–Crippen LogP) is 3.70. The Bertz CT molecular complexity index is 981. The van der Waals surface area contributed by atoms with E-state index in [9.17, 15) is 17.6 Å². The van der Waals surface area contributed by atoms with Gasteiger partial charge >= 0.3 is 0 Å². The summed E-state index contributed by atoms with van der Waals surface area (Å²) in [5.41, 5.74) is 1.77. The summed E-state index contributed by atoms with van der Waals surface area (Å²) in [6.07, 6.45) is 0.667. The number of anilines is 2. The van der Waals surface area contributed by atoms with Gasteiger partial charge in [-0.05, 0) is 36.2 Å². The molecule has 1 aliphatic rings. The summed E-state index contributed by atoms with van der Waals surface area (Å²) in [7, 11) is -3.75. The Hall–Kier alpha value is -2.41. The van der Waals surface area contributed by atoms with Crippen LogP contribution in [-0.2, 0) is 27.0 Å². The van der Waals surface area contributed by atoms with Gasteiger partial charge in [-0.1, -0.05) is 39.0 Å². The molecule has 144 valence electrons. The van der Waals surface area contributed by atoms with Crippen LogP contribution in [0.1, 0.15) is 31.9 Å². The van der Waals surface area contributed by atoms with Crippen molar-refractivity contribution in [3.05, 3.63) is 59.4 Å². The van der Waals surface area contributed by atoms with Crippen LogP contribution in [0.5, 0.6) is 0 Å². The lowest BCUT2D eigenvalue weighted by Crippen LogP contribution is -2.38. The summed E-state index contributed by atoms with van der Waals surface area (Å²) in [6.45, 7) is 6.20. The number of nitrogens with zero attached hydrogens (tertiary/aromatic N) is 1. The largest absolute Gasteiger partial charge is 0.311 e. The normalized spacial score (nSPS) is 14.1. The van der Waals surface area contributed by atoms with Gasteiger partial charge in [0.1, 0.15) is 5.82 Å². The molecule has 2 aromatic rings. The van der Waals surface area contributed by atoms with Gasteiger partial charge in [0.25, 0.3) is 0 Å². The van der Waals surface area contributed by atoms with Gasteiger partial charge in [-0.15, -0.1) is 0 Å². The number of carbonyl (C=O) groups excluding carboxylic acids is 1. The minimum absolute atomic E-state index is 0.0362. The van der Waals surface area contributed by atoms with Crippen LogP contribution in [0.3, 0.4) is 0 Å². The maximum absolute atomic E-state index is 13.7. The number of hydrogen-bond acceptors (Lipinski definition) is 3. The third kappa shape index (κ3) is 4.30. The molecule has 0 unspecified atom stereocenters. The topological polar surface area (TPSA) is 66.5 Å². The lowest BCUT2D eigenvalue weighted by molar-refractivity contribution is -0.125. The summed E-state index contributed by atoms with van der Waals surface area (Å²) in [6, 6.07) is 10.9. The Morgan fingerprint density at radius 3 is 2.56 bits per heavy atom. The zero-order chi connectivity index (χ0) is 19.8. The molecule has 27 heavy (non-hydrogen) atoms. The fourth-order valence-corrected chi connectivity index (χ4v) is 4.32. The Morgan fingerprint density at radius 1 is 1.19 bits per heavy atom. The monoisotopic (exact) mass is 390 g/mol. The van der Waals surface area contributed by atoms with Gasteiger partial charge in [0.15, 0.2) is 0 Å². The fourth-order valence-electron chi connectivity index (χ4n) is 3.12. The molecule has 0 saturated carbocycles. The third-order valence-corrected chi connectivity index (χ3v) is 5.68. The minimum Gasteiger partial charge on any atom is -0.311 e. The maximum atomic E-state index is 13.7. The number of carbonyl (C=O) groups is 1. The molecule has 1 heterocycles. The number of halogens is 1. The summed E-state index contributed by atoms with van der Waals surface area (Å²) in [5, 5.41) is 0. The van der Waals surface area contributed by atoms with E-state index in [1.165, 1.54) is 18.2 Å². The van der Waals surface area contributed by atoms with E-state index >= 15 is 0 Å². The number of rotatable bonds is 4. The van der Waals surface area contributed by atoms with E-state index < -0.39 is 27.0 Å². The molecule has 0 aliphatic carbocycles. The number of fused-ring (bicyclic) bond motifs is 1. The summed E-state index contributed by atoms with van der Waals surface area (Å²) >= 11 is 0. The molecular formula is C20H23FN2O3S. The van der Waals surface area contributed by atoms with Crippen LogP contribution in [0.25, 0.3) is 0 Å². The molecule has 0 fully saturated rings. The van der Waals surface area contributed by atoms with E-state index in [0.717, 1.165) is 11.3 Å². The van der Waals surface area contributed by atoms with Crippen molar-refractivity contribution in [3.8, 4) is 0 Å². The van der Waals surface area contributed by atoms with E-state index in [1.807, 2.05) is 20.8 Å². The van der Waals surface area contributed by atoms with Crippen molar-refractivity contribution in [2.24, 2.45) is 5.41 Å². The van der Waals surface area contributed by atoms with Crippen molar-refractivity contribution >= 4 is 27.3 Å². The molecule has 1 aliphatic heterocycles. The standard InChI is InChI=1S/C20H23FN2O3S/c1-20(2,3)19(24)23-11-10-14-12-16(8-9-18(14)23)22-27(25,26)13-15-6-4-5-7-17(15)21/h4-9,12,22H,10-11,13H2,1-3H3. The van der Waals surface area contributed by atoms with Gasteiger partial charge < -0.3 is 4.90 Å². The quantitative estimate of drug-likeness (QED) is 0.866. The van der Waals surface area contributed by atoms with E-state index in [0.29, 0.717) is 18.7 Å². The maximum Gasteiger partial charge on any atom is 0.237 e. The first kappa shape index (κ1) is 19.4. The number of hydrogen-bond donors (Lipinski definition) is 1. The van der Waals surface area contributed by atoms with E-state index in [4.69, 9.17) is 0 Å². The van der Waals surface area contributed by atoms with E-state index in [1.54, 1.807) is 29.2 Å². The van der Waals surface area contributed by atoms with Crippen LogP contribution < -0.4 is 9.62 Å². The Morgan fingerprint density at radius 2 is 1.89 bits per heavy atom. The summed E-state index contributed by atoms with van der Waals surface area (Å²) in [5.74, 6) is -0.951. The second-order valence-electron chi connectivity index (χ2n) is 7.75. The average Bonchev–Trinajstić information content (AvgIpc) is 2.97. The molecule has 0 aromatic heterocycles. The first-order valence-corrected chi connectivity index (χ1v) is 10.4. The van der Waals surface area contributed by atoms with Crippen molar-refractivity contribution in [2.45, 2.75) is 32.9 Å². The van der Waals surface area contributed by atoms with Crippen LogP contribution in [0, 0.1) is 11.2 Å². The van der Waals surface area contributed by atoms with Crippen LogP contribution >= 0.6 is 0 Å². The van der Waals surface area contributed by atoms with Crippen LogP contribution in [0.4, 0.5) is 15.8 Å². The first-order chi connectivity index (χ1) is 12.6. The van der Waals surface area contributed by atoms with Gasteiger partial charge in [-0.25, -0.2) is 12.8 Å². The molecule has 0 spiro atoms. The number of amides is 1. The van der Waals surface area contributed by atoms with E-state index in [2.05, 4.69) is 4.72 Å². The highest BCUT2D eigenvalue weighted by Crippen LogP contribution is 2.34. The number of benzene rings is 2. The molecule has 1 amide bonds. The molecule has 0 atom stereocenters. The van der Waals surface area contributed by atoms with Gasteiger partial charge in [0, 0.05) is 28.9 Å². The van der Waals surface area contributed by atoms with Crippen LogP contribution in [-0.4, -0.2) is 20.9 Å². The highest BCUT2D eigenvalue weighted by Gasteiger charge is 2.32. The third-order valence-electron chi connectivity index (χ3n) is 4.44. The Kier molecular flexibility index (Phi) is 4.99. The highest BCUT2D eigenvalue weighted by atomic mass is 32.2. The molecule has 3 rings (SSSR count). The summed E-state index contributed by atoms with van der Waals surface area (Å²) < 4.78 is 41.0. The first-order valence-electron chi connectivity index (χ1n) is 8.76. The van der Waals surface area contributed by atoms with Crippen molar-refractivity contribution in [1.82, 2.24) is 0 Å². The van der Waals surface area contributed by atoms with E-state index in [-0.39, 0.29) is 11.5 Å². The van der Waals surface area contributed by atoms with Crippen molar-refractivity contribution in [2.75, 3.05) is 16.2 Å². The lowest BCUT2D eigenvalue weighted by Gasteiger charge is -2.26. The minimum atomic E-state index is -3.75. The zero-order valence-corrected chi connectivity index (χ0v) is 16.4. The molecule has 1 N–H and O–H groups in total. The van der Waals surface area contributed by atoms with Crippen LogP contribution in [0.2, 0.25) is 0 Å². The SMILES string of the molecule is CC(C)(C)C(=O)N1CCc2cc(NS(=O)(=O)Cc3ccccc3F)ccc21. The van der Waals surface area contributed by atoms with Gasteiger partial charge in [0.2, 0.25) is 15.9 Å². The smallest absolute Gasteiger partial charge is 0.237 e. The van der Waals surface area contributed by atoms with Crippen molar-refractivity contribution in [3.63, 3.8) is 0 Å². The lowest BCUT2D eigenvalue weighted by atomic mass is 9.94. The number of sulfonamides is 1. The van der Waals surface area contributed by atoms with Crippen molar-refractivity contribution < 1.29 is 17.6 Å². The second-order valence-corrected chi connectivity index (χ2v) is 9.48. The second kappa shape index (κ2) is 6.96. The average molecular weight is 390 g/mol. The van der Waals surface area contributed by atoms with Crippen LogP contribution in [0.15, 0.2) is 42.5 Å². The molecule has 0 saturated heterocycles. The fraction of sp³-hybridized carbons (Fsp3) is 0.350. The molecule has 0 bridgehead atoms. The van der Waals surface area contributed by atoms with Crippen molar-refractivity contribution in [1.29, 1.82) is 0 Å². The number of nitrogens with one attached hydrogen (secondary N) is 1. The summed E-state index contributed by atoms with van der Waals surface area (Å²) in [4.78, 5) is 14.3. The highest BCUT2D eigenvalue weighted by molar-refractivity contribution is 7.91. The van der Waals surface area contributed by atoms with Gasteiger partial charge in [-0.3, -0.25) is 9.52 Å². The zero-order valence-electron chi connectivity index (χ0n) is 15.6. The Balaban J connectivity index is 1.78. The Labute approximate surface area is 159 Å². The molecule has 5 nitrogen and oxygen atoms in total.